The molecule has 2 bridgehead atoms. The summed E-state index contributed by atoms with van der Waals surface area (Å²) in [5.41, 5.74) is 1.50. The van der Waals surface area contributed by atoms with E-state index in [9.17, 15) is 38.4 Å². The van der Waals surface area contributed by atoms with E-state index in [1.54, 1.807) is 27.9 Å². The van der Waals surface area contributed by atoms with Crippen LogP contribution in [0.4, 0.5) is 0 Å². The highest BCUT2D eigenvalue weighted by Crippen LogP contribution is 2.59. The Kier molecular flexibility index (Phi) is 33.9. The predicted molar refractivity (Wildman–Crippen MR) is 263 cm³/mol. The molecule has 71 heavy (non-hydrogen) atoms. The van der Waals surface area contributed by atoms with E-state index in [4.69, 9.17) is 23.7 Å². The molecule has 5 rings (SSSR count). The van der Waals surface area contributed by atoms with Gasteiger partial charge in [0.25, 0.3) is 0 Å². The van der Waals surface area contributed by atoms with Crippen LogP contribution in [0, 0.1) is 23.7 Å². The first-order valence-electron chi connectivity index (χ1n) is 24.1. The Labute approximate surface area is 420 Å². The lowest BCUT2D eigenvalue weighted by molar-refractivity contribution is -0.170. The molecule has 2 saturated heterocycles. The SMILES string of the molecule is C=C(C)C(=O)OC(C)OCCCC.C=C(C)C(=O)OC1CC2CC1C1CCCC21.C=C(C)C(=O)OC1CCOC1=O.C=C(C)C(=O)OC1CCOC1=O.C=CC(=O)OCCCC.C=CC(=O)OCCOC. The van der Waals surface area contributed by atoms with Gasteiger partial charge in [-0.05, 0) is 96.8 Å². The highest BCUT2D eigenvalue weighted by Gasteiger charge is 2.55. The third kappa shape index (κ3) is 27.3. The Bertz CT molecular complexity index is 1740. The van der Waals surface area contributed by atoms with Crippen LogP contribution >= 0.6 is 0 Å². The molecule has 0 aromatic heterocycles. The Hall–Kier alpha value is -5.88. The number of carbonyl (C=O) groups is 8. The number of cyclic esters (lactones) is 2. The van der Waals surface area contributed by atoms with Gasteiger partial charge in [-0.15, -0.1) is 0 Å². The maximum absolute atomic E-state index is 11.5. The van der Waals surface area contributed by atoms with Crippen LogP contribution in [0.2, 0.25) is 0 Å². The normalized spacial score (nSPS) is 21.8. The van der Waals surface area contributed by atoms with E-state index in [0.29, 0.717) is 69.5 Å². The van der Waals surface area contributed by atoms with Crippen LogP contribution < -0.4 is 0 Å². The van der Waals surface area contributed by atoms with Gasteiger partial charge in [-0.1, -0.05) is 72.6 Å². The van der Waals surface area contributed by atoms with E-state index in [1.165, 1.54) is 45.6 Å². The molecule has 5 fully saturated rings. The van der Waals surface area contributed by atoms with Crippen molar-refractivity contribution in [2.24, 2.45) is 23.7 Å². The van der Waals surface area contributed by atoms with Gasteiger partial charge in [0.2, 0.25) is 12.2 Å². The monoisotopic (exact) mass is 1000 g/mol. The molecule has 3 saturated carbocycles. The van der Waals surface area contributed by atoms with Crippen molar-refractivity contribution in [2.75, 3.05) is 46.8 Å². The average Bonchev–Trinajstić information content (AvgIpc) is 4.19. The van der Waals surface area contributed by atoms with Crippen LogP contribution in [0.25, 0.3) is 0 Å². The smallest absolute Gasteiger partial charge is 0.347 e. The van der Waals surface area contributed by atoms with Crippen LogP contribution in [0.3, 0.4) is 0 Å². The molecule has 0 aromatic rings. The number of ether oxygens (including phenoxy) is 10. The number of esters is 8. The molecule has 0 spiro atoms. The summed E-state index contributed by atoms with van der Waals surface area (Å²) >= 11 is 0. The molecule has 8 atom stereocenters. The minimum absolute atomic E-state index is 0.188. The number of carbonyl (C=O) groups excluding carboxylic acids is 8. The van der Waals surface area contributed by atoms with Crippen molar-refractivity contribution in [1.29, 1.82) is 0 Å². The van der Waals surface area contributed by atoms with Crippen molar-refractivity contribution in [3.05, 3.63) is 73.9 Å². The van der Waals surface area contributed by atoms with Crippen molar-refractivity contribution >= 4 is 47.8 Å². The first-order valence-corrected chi connectivity index (χ1v) is 24.1. The number of hydrogen-bond acceptors (Lipinski definition) is 18. The van der Waals surface area contributed by atoms with Gasteiger partial charge in [-0.25, -0.2) is 38.4 Å². The van der Waals surface area contributed by atoms with E-state index in [0.717, 1.165) is 55.9 Å². The largest absolute Gasteiger partial charge is 0.463 e. The molecule has 18 heteroatoms. The standard InChI is InChI=1S/C14H20O2.C10H18O3.2C8H10O4.C7H12O2.C6H10O3/c1-8(2)14(15)16-13-7-9-6-12(13)11-5-3-4-10(9)11;1-5-6-7-12-9(4)13-10(11)8(2)3;2*1-5(2)7(9)12-6-3-4-11-8(6)10;1-3-5-6-9-7(8)4-2;1-3-6(7)9-5-4-8-2/h9-13H,1,3-7H2,2H3;9H,2,5-7H2,1,3-4H3;2*6H,1,3-4H2,2H3;4H,2-3,5-6H2,1H3;3H,1,4-5H2,2H3. The Morgan fingerprint density at radius 2 is 1.06 bits per heavy atom. The van der Waals surface area contributed by atoms with Crippen molar-refractivity contribution in [1.82, 2.24) is 0 Å². The maximum Gasteiger partial charge on any atom is 0.347 e. The number of rotatable bonds is 20. The molecule has 0 radical (unpaired) electrons. The fourth-order valence-electron chi connectivity index (χ4n) is 7.35. The van der Waals surface area contributed by atoms with E-state index in [2.05, 4.69) is 70.1 Å². The summed E-state index contributed by atoms with van der Waals surface area (Å²) in [5, 5.41) is 0. The van der Waals surface area contributed by atoms with Crippen LogP contribution in [0.1, 0.15) is 119 Å². The van der Waals surface area contributed by atoms with E-state index in [1.807, 2.05) is 6.92 Å². The van der Waals surface area contributed by atoms with Gasteiger partial charge in [-0.2, -0.15) is 0 Å². The summed E-state index contributed by atoms with van der Waals surface area (Å²) < 4.78 is 48.3. The quantitative estimate of drug-likeness (QED) is 0.0371. The lowest BCUT2D eigenvalue weighted by Gasteiger charge is -2.31. The van der Waals surface area contributed by atoms with Gasteiger partial charge < -0.3 is 47.4 Å². The molecule has 8 unspecified atom stereocenters. The summed E-state index contributed by atoms with van der Waals surface area (Å²) in [6, 6.07) is 0. The molecule has 2 aliphatic heterocycles. The second-order valence-electron chi connectivity index (χ2n) is 17.2. The zero-order chi connectivity index (χ0) is 54.1. The van der Waals surface area contributed by atoms with Gasteiger partial charge in [0, 0.05) is 54.4 Å². The molecular weight excluding hydrogens is 925 g/mol. The minimum Gasteiger partial charge on any atom is -0.463 e. The summed E-state index contributed by atoms with van der Waals surface area (Å²) in [6.45, 7) is 35.2. The fraction of sp³-hybridized carbons (Fsp3) is 0.623. The van der Waals surface area contributed by atoms with Crippen molar-refractivity contribution in [2.45, 2.75) is 144 Å². The second kappa shape index (κ2) is 37.0. The first kappa shape index (κ1) is 65.1. The lowest BCUT2D eigenvalue weighted by Crippen LogP contribution is -2.32. The van der Waals surface area contributed by atoms with E-state index >= 15 is 0 Å². The Morgan fingerprint density at radius 1 is 0.606 bits per heavy atom. The lowest BCUT2D eigenvalue weighted by atomic mass is 9.80. The third-order valence-electron chi connectivity index (χ3n) is 11.0. The summed E-state index contributed by atoms with van der Waals surface area (Å²) in [4.78, 5) is 86.6. The second-order valence-corrected chi connectivity index (χ2v) is 17.2. The fourth-order valence-corrected chi connectivity index (χ4v) is 7.35. The van der Waals surface area contributed by atoms with Crippen LogP contribution in [-0.4, -0.2) is 119 Å². The molecule has 18 nitrogen and oxygen atoms in total. The zero-order valence-corrected chi connectivity index (χ0v) is 43.4. The number of unbranched alkanes of at least 4 members (excludes halogenated alkanes) is 2. The van der Waals surface area contributed by atoms with Gasteiger partial charge >= 0.3 is 47.8 Å². The first-order chi connectivity index (χ1) is 33.6. The number of methoxy groups -OCH3 is 1. The maximum atomic E-state index is 11.5. The van der Waals surface area contributed by atoms with Crippen LogP contribution in [0.5, 0.6) is 0 Å². The van der Waals surface area contributed by atoms with Crippen LogP contribution in [-0.2, 0) is 85.7 Å². The summed E-state index contributed by atoms with van der Waals surface area (Å²) in [5.74, 6) is -0.00818. The molecule has 0 aromatic carbocycles. The summed E-state index contributed by atoms with van der Waals surface area (Å²) in [6.07, 6.45) is 12.1. The topological polar surface area (TPSA) is 229 Å². The number of fused-ring (bicyclic) bond motifs is 5. The molecule has 0 N–H and O–H groups in total. The molecule has 2 heterocycles. The molecule has 3 aliphatic carbocycles. The van der Waals surface area contributed by atoms with Crippen molar-refractivity contribution in [3.63, 3.8) is 0 Å². The van der Waals surface area contributed by atoms with Gasteiger partial charge in [0.05, 0.1) is 33.0 Å². The zero-order valence-electron chi connectivity index (χ0n) is 43.4. The Balaban J connectivity index is 0.000000839. The molecule has 400 valence electrons. The number of hydrogen-bond donors (Lipinski definition) is 0. The van der Waals surface area contributed by atoms with E-state index < -0.39 is 54.3 Å². The van der Waals surface area contributed by atoms with Crippen molar-refractivity contribution in [3.8, 4) is 0 Å². The van der Waals surface area contributed by atoms with Gasteiger partial charge in [-0.3, -0.25) is 0 Å². The van der Waals surface area contributed by atoms with Gasteiger partial charge in [0.1, 0.15) is 12.7 Å². The van der Waals surface area contributed by atoms with E-state index in [-0.39, 0.29) is 29.2 Å². The third-order valence-corrected chi connectivity index (χ3v) is 11.0. The highest BCUT2D eigenvalue weighted by molar-refractivity contribution is 5.90. The Morgan fingerprint density at radius 3 is 1.48 bits per heavy atom. The highest BCUT2D eigenvalue weighted by atomic mass is 16.7. The molecule has 0 amide bonds. The van der Waals surface area contributed by atoms with Crippen molar-refractivity contribution < 1.29 is 85.7 Å². The summed E-state index contributed by atoms with van der Waals surface area (Å²) in [7, 11) is 1.54. The minimum atomic E-state index is -0.728. The average molecular weight is 1010 g/mol. The molecule has 5 aliphatic rings. The predicted octanol–water partition coefficient (Wildman–Crippen LogP) is 7.92. The van der Waals surface area contributed by atoms with Gasteiger partial charge in [0.15, 0.2) is 6.29 Å². The molecular formula is C53H80O18. The van der Waals surface area contributed by atoms with Crippen LogP contribution in [0.15, 0.2) is 73.9 Å².